The third-order valence-electron chi connectivity index (χ3n) is 3.52. The number of hydrogen-bond donors (Lipinski definition) is 2. The highest BCUT2D eigenvalue weighted by Gasteiger charge is 2.18. The molecular weight excluding hydrogens is 342 g/mol. The summed E-state index contributed by atoms with van der Waals surface area (Å²) in [5, 5.41) is 3.54. The Kier molecular flexibility index (Phi) is 5.43. The van der Waals surface area contributed by atoms with Gasteiger partial charge >= 0.3 is 0 Å². The first kappa shape index (κ1) is 15.8. The summed E-state index contributed by atoms with van der Waals surface area (Å²) in [4.78, 5) is 14.2. The molecule has 1 aliphatic rings. The van der Waals surface area contributed by atoms with Crippen molar-refractivity contribution in [3.63, 3.8) is 0 Å². The van der Waals surface area contributed by atoms with Crippen molar-refractivity contribution in [1.82, 2.24) is 4.90 Å². The van der Waals surface area contributed by atoms with E-state index in [2.05, 4.69) is 26.1 Å². The average Bonchev–Trinajstić information content (AvgIpc) is 2.39. The molecule has 1 heterocycles. The van der Waals surface area contributed by atoms with Crippen LogP contribution in [-0.4, -0.2) is 36.5 Å². The summed E-state index contributed by atoms with van der Waals surface area (Å²) >= 11 is 9.52. The van der Waals surface area contributed by atoms with Crippen LogP contribution in [0.15, 0.2) is 16.6 Å². The molecule has 1 aromatic carbocycles. The average molecular weight is 361 g/mol. The summed E-state index contributed by atoms with van der Waals surface area (Å²) in [7, 11) is 0. The van der Waals surface area contributed by atoms with Crippen molar-refractivity contribution in [2.24, 2.45) is 5.73 Å². The molecule has 1 fully saturated rings. The monoisotopic (exact) mass is 359 g/mol. The van der Waals surface area contributed by atoms with E-state index in [4.69, 9.17) is 17.3 Å². The number of amides is 1. The molecule has 0 aliphatic carbocycles. The summed E-state index contributed by atoms with van der Waals surface area (Å²) < 4.78 is 0.841. The number of anilines is 1. The van der Waals surface area contributed by atoms with Crippen molar-refractivity contribution >= 4 is 39.1 Å². The molecule has 0 bridgehead atoms. The number of carbonyl (C=O) groups excluding carboxylic acids is 1. The summed E-state index contributed by atoms with van der Waals surface area (Å²) in [6, 6.07) is 3.95. The summed E-state index contributed by atoms with van der Waals surface area (Å²) in [6.45, 7) is 4.08. The highest BCUT2D eigenvalue weighted by Crippen LogP contribution is 2.29. The number of carbonyl (C=O) groups is 1. The lowest BCUT2D eigenvalue weighted by Gasteiger charge is -2.29. The van der Waals surface area contributed by atoms with Crippen molar-refractivity contribution in [2.75, 3.05) is 25.0 Å². The van der Waals surface area contributed by atoms with Crippen LogP contribution in [0, 0.1) is 6.92 Å². The molecule has 1 aliphatic heterocycles. The molecule has 3 N–H and O–H groups in total. The molecule has 0 spiro atoms. The van der Waals surface area contributed by atoms with Gasteiger partial charge in [-0.15, -0.1) is 0 Å². The van der Waals surface area contributed by atoms with Gasteiger partial charge in [0.25, 0.3) is 0 Å². The zero-order valence-corrected chi connectivity index (χ0v) is 13.8. The number of nitrogens with zero attached hydrogens (tertiary/aromatic N) is 1. The molecule has 20 heavy (non-hydrogen) atoms. The molecule has 6 heteroatoms. The SMILES string of the molecule is Cc1cc(Br)c(NC(=O)CN2CCC(N)CC2)cc1Cl. The Morgan fingerprint density at radius 1 is 1.50 bits per heavy atom. The summed E-state index contributed by atoms with van der Waals surface area (Å²) in [6.07, 6.45) is 1.90. The number of likely N-dealkylation sites (tertiary alicyclic amines) is 1. The molecule has 1 aromatic rings. The van der Waals surface area contributed by atoms with Gasteiger partial charge in [-0.2, -0.15) is 0 Å². The van der Waals surface area contributed by atoms with E-state index in [0.29, 0.717) is 17.3 Å². The summed E-state index contributed by atoms with van der Waals surface area (Å²) in [5.41, 5.74) is 7.54. The zero-order valence-electron chi connectivity index (χ0n) is 11.5. The zero-order chi connectivity index (χ0) is 14.7. The number of piperidine rings is 1. The Morgan fingerprint density at radius 2 is 2.15 bits per heavy atom. The molecule has 0 atom stereocenters. The third kappa shape index (κ3) is 4.19. The van der Waals surface area contributed by atoms with Gasteiger partial charge in [0.05, 0.1) is 12.2 Å². The lowest BCUT2D eigenvalue weighted by atomic mass is 10.1. The van der Waals surface area contributed by atoms with E-state index in [9.17, 15) is 4.79 Å². The molecule has 4 nitrogen and oxygen atoms in total. The number of nitrogens with one attached hydrogen (secondary N) is 1. The van der Waals surface area contributed by atoms with Crippen LogP contribution in [0.5, 0.6) is 0 Å². The lowest BCUT2D eigenvalue weighted by molar-refractivity contribution is -0.117. The Balaban J connectivity index is 1.93. The minimum Gasteiger partial charge on any atom is -0.328 e. The minimum absolute atomic E-state index is 0.0268. The van der Waals surface area contributed by atoms with Gasteiger partial charge in [0.1, 0.15) is 0 Å². The van der Waals surface area contributed by atoms with Crippen LogP contribution in [0.4, 0.5) is 5.69 Å². The maximum Gasteiger partial charge on any atom is 0.238 e. The van der Waals surface area contributed by atoms with Gasteiger partial charge in [0.15, 0.2) is 0 Å². The number of nitrogens with two attached hydrogens (primary N) is 1. The van der Waals surface area contributed by atoms with Crippen molar-refractivity contribution in [3.05, 3.63) is 27.2 Å². The van der Waals surface area contributed by atoms with Gasteiger partial charge in [0.2, 0.25) is 5.91 Å². The lowest BCUT2D eigenvalue weighted by Crippen LogP contribution is -2.43. The quantitative estimate of drug-likeness (QED) is 0.871. The van der Waals surface area contributed by atoms with Crippen LogP contribution in [0.3, 0.4) is 0 Å². The van der Waals surface area contributed by atoms with Crippen molar-refractivity contribution < 1.29 is 4.79 Å². The topological polar surface area (TPSA) is 58.4 Å². The van der Waals surface area contributed by atoms with Crippen LogP contribution in [0.2, 0.25) is 5.02 Å². The fraction of sp³-hybridized carbons (Fsp3) is 0.500. The Morgan fingerprint density at radius 3 is 2.80 bits per heavy atom. The highest BCUT2D eigenvalue weighted by atomic mass is 79.9. The normalized spacial score (nSPS) is 17.2. The number of benzene rings is 1. The third-order valence-corrected chi connectivity index (χ3v) is 4.59. The molecule has 2 rings (SSSR count). The molecule has 0 unspecified atom stereocenters. The van der Waals surface area contributed by atoms with E-state index in [1.54, 1.807) is 6.07 Å². The molecule has 110 valence electrons. The Hall–Kier alpha value is -0.620. The largest absolute Gasteiger partial charge is 0.328 e. The second-order valence-electron chi connectivity index (χ2n) is 5.24. The number of hydrogen-bond acceptors (Lipinski definition) is 3. The minimum atomic E-state index is -0.0268. The smallest absolute Gasteiger partial charge is 0.238 e. The number of halogens is 2. The van der Waals surface area contributed by atoms with Crippen LogP contribution >= 0.6 is 27.5 Å². The van der Waals surface area contributed by atoms with E-state index in [1.807, 2.05) is 13.0 Å². The van der Waals surface area contributed by atoms with Crippen LogP contribution in [0.25, 0.3) is 0 Å². The van der Waals surface area contributed by atoms with Crippen LogP contribution in [-0.2, 0) is 4.79 Å². The molecule has 0 radical (unpaired) electrons. The standard InChI is InChI=1S/C14H19BrClN3O/c1-9-6-11(15)13(7-12(9)16)18-14(20)8-19-4-2-10(17)3-5-19/h6-7,10H,2-5,8,17H2,1H3,(H,18,20). The van der Waals surface area contributed by atoms with Crippen molar-refractivity contribution in [3.8, 4) is 0 Å². The predicted octanol–water partition coefficient (Wildman–Crippen LogP) is 2.77. The molecule has 1 amide bonds. The fourth-order valence-corrected chi connectivity index (χ4v) is 2.97. The molecule has 1 saturated heterocycles. The van der Waals surface area contributed by atoms with Crippen molar-refractivity contribution in [1.29, 1.82) is 0 Å². The Labute approximate surface area is 132 Å². The second-order valence-corrected chi connectivity index (χ2v) is 6.50. The second kappa shape index (κ2) is 6.89. The predicted molar refractivity (Wildman–Crippen MR) is 86.2 cm³/mol. The van der Waals surface area contributed by atoms with E-state index in [1.165, 1.54) is 0 Å². The number of rotatable bonds is 3. The van der Waals surface area contributed by atoms with E-state index >= 15 is 0 Å². The van der Waals surface area contributed by atoms with Gasteiger partial charge in [-0.1, -0.05) is 11.6 Å². The van der Waals surface area contributed by atoms with Gasteiger partial charge in [-0.05, 0) is 53.4 Å². The van der Waals surface area contributed by atoms with E-state index in [0.717, 1.165) is 36.0 Å². The first-order valence-corrected chi connectivity index (χ1v) is 7.86. The fourth-order valence-electron chi connectivity index (χ4n) is 2.25. The van der Waals surface area contributed by atoms with Crippen LogP contribution in [0.1, 0.15) is 18.4 Å². The first-order chi connectivity index (χ1) is 9.45. The maximum atomic E-state index is 12.1. The molecule has 0 aromatic heterocycles. The summed E-state index contributed by atoms with van der Waals surface area (Å²) in [5.74, 6) is -0.0268. The first-order valence-electron chi connectivity index (χ1n) is 6.69. The number of aryl methyl sites for hydroxylation is 1. The van der Waals surface area contributed by atoms with Crippen LogP contribution < -0.4 is 11.1 Å². The molecular formula is C14H19BrClN3O. The van der Waals surface area contributed by atoms with E-state index < -0.39 is 0 Å². The van der Waals surface area contributed by atoms with Gasteiger partial charge in [-0.3, -0.25) is 9.69 Å². The van der Waals surface area contributed by atoms with Gasteiger partial charge in [-0.25, -0.2) is 0 Å². The highest BCUT2D eigenvalue weighted by molar-refractivity contribution is 9.10. The van der Waals surface area contributed by atoms with Crippen molar-refractivity contribution in [2.45, 2.75) is 25.8 Å². The van der Waals surface area contributed by atoms with Gasteiger partial charge in [0, 0.05) is 28.6 Å². The molecule has 0 saturated carbocycles. The maximum absolute atomic E-state index is 12.1. The van der Waals surface area contributed by atoms with Gasteiger partial charge < -0.3 is 11.1 Å². The Bertz CT molecular complexity index is 501. The van der Waals surface area contributed by atoms with E-state index in [-0.39, 0.29) is 11.9 Å².